The first kappa shape index (κ1) is 13.8. The number of rotatable bonds is 3. The van der Waals surface area contributed by atoms with Crippen LogP contribution in [0.4, 0.5) is 10.1 Å². The van der Waals surface area contributed by atoms with Crippen LogP contribution in [0.5, 0.6) is 0 Å². The summed E-state index contributed by atoms with van der Waals surface area (Å²) in [6.07, 6.45) is 1.87. The molecule has 1 aromatic heterocycles. The molecule has 0 saturated carbocycles. The van der Waals surface area contributed by atoms with Crippen LogP contribution in [0.2, 0.25) is 5.02 Å². The first-order valence-corrected chi connectivity index (χ1v) is 6.34. The highest BCUT2D eigenvalue weighted by atomic mass is 35.5. The van der Waals surface area contributed by atoms with E-state index in [1.807, 2.05) is 27.0 Å². The summed E-state index contributed by atoms with van der Waals surface area (Å²) in [6.45, 7) is 6.61. The Labute approximate surface area is 116 Å². The molecule has 0 fully saturated rings. The summed E-state index contributed by atoms with van der Waals surface area (Å²) in [7, 11) is 0. The Bertz CT molecular complexity index is 554. The highest BCUT2D eigenvalue weighted by molar-refractivity contribution is 6.30. The van der Waals surface area contributed by atoms with Crippen LogP contribution < -0.4 is 5.32 Å². The summed E-state index contributed by atoms with van der Waals surface area (Å²) in [5, 5.41) is 11.6. The number of hydrogen-bond donors (Lipinski definition) is 1. The van der Waals surface area contributed by atoms with Crippen molar-refractivity contribution in [2.24, 2.45) is 0 Å². The molecular formula is C13H16ClFN4. The Kier molecular flexibility index (Phi) is 3.75. The third-order valence-electron chi connectivity index (χ3n) is 2.56. The van der Waals surface area contributed by atoms with Crippen LogP contribution in [0.3, 0.4) is 0 Å². The van der Waals surface area contributed by atoms with Crippen molar-refractivity contribution in [1.82, 2.24) is 15.0 Å². The van der Waals surface area contributed by atoms with Crippen LogP contribution in [-0.4, -0.2) is 15.0 Å². The van der Waals surface area contributed by atoms with Gasteiger partial charge in [-0.3, -0.25) is 0 Å². The Morgan fingerprint density at radius 3 is 2.63 bits per heavy atom. The zero-order valence-corrected chi connectivity index (χ0v) is 11.9. The van der Waals surface area contributed by atoms with E-state index in [-0.39, 0.29) is 11.4 Å². The van der Waals surface area contributed by atoms with Gasteiger partial charge in [0.15, 0.2) is 0 Å². The van der Waals surface area contributed by atoms with Gasteiger partial charge in [-0.1, -0.05) is 16.8 Å². The van der Waals surface area contributed by atoms with Gasteiger partial charge in [-0.25, -0.2) is 9.07 Å². The van der Waals surface area contributed by atoms with E-state index in [1.165, 1.54) is 12.1 Å². The fraction of sp³-hybridized carbons (Fsp3) is 0.385. The molecule has 0 atom stereocenters. The predicted molar refractivity (Wildman–Crippen MR) is 73.8 cm³/mol. The molecule has 4 nitrogen and oxygen atoms in total. The molecule has 0 unspecified atom stereocenters. The maximum Gasteiger partial charge on any atom is 0.126 e. The van der Waals surface area contributed by atoms with E-state index in [0.717, 1.165) is 5.69 Å². The van der Waals surface area contributed by atoms with Crippen LogP contribution in [0, 0.1) is 5.82 Å². The Hall–Kier alpha value is -1.62. The van der Waals surface area contributed by atoms with Gasteiger partial charge in [-0.15, -0.1) is 5.10 Å². The molecule has 2 aromatic rings. The van der Waals surface area contributed by atoms with E-state index >= 15 is 0 Å². The van der Waals surface area contributed by atoms with E-state index < -0.39 is 0 Å². The van der Waals surface area contributed by atoms with Crippen molar-refractivity contribution in [1.29, 1.82) is 0 Å². The Morgan fingerprint density at radius 1 is 1.32 bits per heavy atom. The minimum Gasteiger partial charge on any atom is -0.379 e. The maximum atomic E-state index is 13.2. The molecule has 0 aliphatic heterocycles. The standard InChI is InChI=1S/C13H16ClFN4/c1-13(2,3)19-8-12(17-18-19)7-16-11-5-9(14)4-10(15)6-11/h4-6,8,16H,7H2,1-3H3. The summed E-state index contributed by atoms with van der Waals surface area (Å²) >= 11 is 5.78. The van der Waals surface area contributed by atoms with E-state index in [9.17, 15) is 4.39 Å². The van der Waals surface area contributed by atoms with E-state index in [0.29, 0.717) is 17.3 Å². The molecule has 19 heavy (non-hydrogen) atoms. The molecule has 1 N–H and O–H groups in total. The lowest BCUT2D eigenvalue weighted by atomic mass is 10.1. The van der Waals surface area contributed by atoms with Gasteiger partial charge in [0.25, 0.3) is 0 Å². The van der Waals surface area contributed by atoms with Crippen molar-refractivity contribution in [2.45, 2.75) is 32.9 Å². The predicted octanol–water partition coefficient (Wildman–Crippen LogP) is 3.44. The average Bonchev–Trinajstić information content (AvgIpc) is 2.73. The monoisotopic (exact) mass is 282 g/mol. The number of benzene rings is 1. The van der Waals surface area contributed by atoms with Crippen LogP contribution >= 0.6 is 11.6 Å². The molecule has 0 saturated heterocycles. The molecular weight excluding hydrogens is 267 g/mol. The van der Waals surface area contributed by atoms with Crippen molar-refractivity contribution < 1.29 is 4.39 Å². The maximum absolute atomic E-state index is 13.2. The van der Waals surface area contributed by atoms with Gasteiger partial charge in [-0.2, -0.15) is 0 Å². The van der Waals surface area contributed by atoms with Gasteiger partial charge in [0, 0.05) is 10.7 Å². The first-order chi connectivity index (χ1) is 8.84. The number of nitrogens with one attached hydrogen (secondary N) is 1. The number of aromatic nitrogens is 3. The van der Waals surface area contributed by atoms with Crippen molar-refractivity contribution in [3.05, 3.63) is 40.9 Å². The number of halogens is 2. The Morgan fingerprint density at radius 2 is 2.05 bits per heavy atom. The van der Waals surface area contributed by atoms with Crippen LogP contribution in [0.25, 0.3) is 0 Å². The topological polar surface area (TPSA) is 42.7 Å². The highest BCUT2D eigenvalue weighted by Gasteiger charge is 2.14. The number of nitrogens with zero attached hydrogens (tertiary/aromatic N) is 3. The van der Waals surface area contributed by atoms with Crippen LogP contribution in [0.15, 0.2) is 24.4 Å². The summed E-state index contributed by atoms with van der Waals surface area (Å²) in [4.78, 5) is 0. The molecule has 1 heterocycles. The molecule has 0 aliphatic carbocycles. The van der Waals surface area contributed by atoms with Crippen molar-refractivity contribution in [3.8, 4) is 0 Å². The minimum atomic E-state index is -0.367. The van der Waals surface area contributed by atoms with Crippen LogP contribution in [0.1, 0.15) is 26.5 Å². The zero-order chi connectivity index (χ0) is 14.0. The highest BCUT2D eigenvalue weighted by Crippen LogP contribution is 2.19. The second kappa shape index (κ2) is 5.17. The van der Waals surface area contributed by atoms with Gasteiger partial charge in [0.05, 0.1) is 18.3 Å². The normalized spacial score (nSPS) is 11.6. The minimum absolute atomic E-state index is 0.104. The van der Waals surface area contributed by atoms with Crippen LogP contribution in [-0.2, 0) is 12.1 Å². The van der Waals surface area contributed by atoms with Gasteiger partial charge in [0.2, 0.25) is 0 Å². The molecule has 0 spiro atoms. The van der Waals surface area contributed by atoms with Gasteiger partial charge in [-0.05, 0) is 39.0 Å². The fourth-order valence-corrected chi connectivity index (χ4v) is 1.78. The average molecular weight is 283 g/mol. The lowest BCUT2D eigenvalue weighted by Crippen LogP contribution is -2.22. The Balaban J connectivity index is 2.04. The second-order valence-corrected chi connectivity index (χ2v) is 5.77. The quantitative estimate of drug-likeness (QED) is 0.938. The molecule has 6 heteroatoms. The summed E-state index contributed by atoms with van der Waals surface area (Å²) < 4.78 is 15.0. The lowest BCUT2D eigenvalue weighted by Gasteiger charge is -2.17. The fourth-order valence-electron chi connectivity index (χ4n) is 1.56. The van der Waals surface area contributed by atoms with Crippen molar-refractivity contribution in [2.75, 3.05) is 5.32 Å². The van der Waals surface area contributed by atoms with Gasteiger partial charge >= 0.3 is 0 Å². The summed E-state index contributed by atoms with van der Waals surface area (Å²) in [5.74, 6) is -0.367. The van der Waals surface area contributed by atoms with Crippen molar-refractivity contribution in [3.63, 3.8) is 0 Å². The molecule has 0 radical (unpaired) electrons. The summed E-state index contributed by atoms with van der Waals surface area (Å²) in [5.41, 5.74) is 1.30. The first-order valence-electron chi connectivity index (χ1n) is 5.96. The largest absolute Gasteiger partial charge is 0.379 e. The zero-order valence-electron chi connectivity index (χ0n) is 11.1. The molecule has 102 valence electrons. The third kappa shape index (κ3) is 3.67. The van der Waals surface area contributed by atoms with E-state index in [1.54, 1.807) is 10.7 Å². The third-order valence-corrected chi connectivity index (χ3v) is 2.78. The molecule has 2 rings (SSSR count). The van der Waals surface area contributed by atoms with Gasteiger partial charge in [0.1, 0.15) is 11.5 Å². The number of hydrogen-bond acceptors (Lipinski definition) is 3. The number of anilines is 1. The molecule has 0 amide bonds. The van der Waals surface area contributed by atoms with Gasteiger partial charge < -0.3 is 5.32 Å². The smallest absolute Gasteiger partial charge is 0.126 e. The van der Waals surface area contributed by atoms with E-state index in [2.05, 4.69) is 15.6 Å². The lowest BCUT2D eigenvalue weighted by molar-refractivity contribution is 0.347. The van der Waals surface area contributed by atoms with E-state index in [4.69, 9.17) is 11.6 Å². The van der Waals surface area contributed by atoms with Crippen molar-refractivity contribution >= 4 is 17.3 Å². The molecule has 1 aromatic carbocycles. The molecule has 0 bridgehead atoms. The summed E-state index contributed by atoms with van der Waals surface area (Å²) in [6, 6.07) is 4.32. The second-order valence-electron chi connectivity index (χ2n) is 5.34. The molecule has 0 aliphatic rings. The SMILES string of the molecule is CC(C)(C)n1cc(CNc2cc(F)cc(Cl)c2)nn1.